The van der Waals surface area contributed by atoms with Crippen molar-refractivity contribution in [2.24, 2.45) is 0 Å². The van der Waals surface area contributed by atoms with Gasteiger partial charge in [0, 0.05) is 29.5 Å². The molecule has 1 aromatic carbocycles. The van der Waals surface area contributed by atoms with Gasteiger partial charge in [-0.25, -0.2) is 4.98 Å². The lowest BCUT2D eigenvalue weighted by Gasteiger charge is -2.17. The molecular weight excluding hydrogens is 386 g/mol. The molecule has 0 spiro atoms. The van der Waals surface area contributed by atoms with E-state index in [9.17, 15) is 9.59 Å². The van der Waals surface area contributed by atoms with Crippen LogP contribution in [0.2, 0.25) is 0 Å². The molecule has 0 radical (unpaired) electrons. The van der Waals surface area contributed by atoms with Crippen molar-refractivity contribution in [1.82, 2.24) is 9.88 Å². The van der Waals surface area contributed by atoms with Gasteiger partial charge in [0.1, 0.15) is 0 Å². The number of nitrogens with one attached hydrogen (secondary N) is 1. The third kappa shape index (κ3) is 5.29. The van der Waals surface area contributed by atoms with Gasteiger partial charge in [0.2, 0.25) is 11.8 Å². The van der Waals surface area contributed by atoms with E-state index < -0.39 is 0 Å². The predicted octanol–water partition coefficient (Wildman–Crippen LogP) is 3.26. The summed E-state index contributed by atoms with van der Waals surface area (Å²) < 4.78 is 6.19. The minimum Gasteiger partial charge on any atom is -0.478 e. The Morgan fingerprint density at radius 2 is 2.04 bits per heavy atom. The van der Waals surface area contributed by atoms with Gasteiger partial charge >= 0.3 is 0 Å². The molecule has 7 heteroatoms. The average molecular weight is 406 g/mol. The van der Waals surface area contributed by atoms with Gasteiger partial charge in [0.15, 0.2) is 0 Å². The molecule has 0 bridgehead atoms. The second-order valence-corrected chi connectivity index (χ2v) is 6.40. The topological polar surface area (TPSA) is 71.5 Å². The van der Waals surface area contributed by atoms with Crippen LogP contribution in [-0.2, 0) is 4.79 Å². The van der Waals surface area contributed by atoms with Crippen LogP contribution in [0.15, 0.2) is 41.0 Å². The summed E-state index contributed by atoms with van der Waals surface area (Å²) in [5.41, 5.74) is 2.06. The van der Waals surface area contributed by atoms with Crippen molar-refractivity contribution in [3.05, 3.63) is 52.1 Å². The molecule has 132 valence electrons. The highest BCUT2D eigenvalue weighted by Gasteiger charge is 2.16. The molecule has 0 aliphatic heterocycles. The number of likely N-dealkylation sites (N-methyl/N-ethyl adjacent to an activating group) is 1. The largest absolute Gasteiger partial charge is 0.478 e. The lowest BCUT2D eigenvalue weighted by molar-refractivity contribution is -0.116. The Kier molecular flexibility index (Phi) is 6.52. The first kappa shape index (κ1) is 18.9. The Bertz CT molecular complexity index is 763. The molecule has 25 heavy (non-hydrogen) atoms. The highest BCUT2D eigenvalue weighted by Crippen LogP contribution is 2.20. The summed E-state index contributed by atoms with van der Waals surface area (Å²) in [6.07, 6.45) is 1.45. The summed E-state index contributed by atoms with van der Waals surface area (Å²) in [6.45, 7) is 4.22. The number of pyridine rings is 1. The maximum absolute atomic E-state index is 12.4. The molecule has 0 saturated carbocycles. The number of benzene rings is 1. The average Bonchev–Trinajstić information content (AvgIpc) is 2.57. The van der Waals surface area contributed by atoms with Crippen LogP contribution in [0.4, 0.5) is 5.69 Å². The summed E-state index contributed by atoms with van der Waals surface area (Å²) in [5, 5.41) is 2.81. The number of ether oxygens (including phenoxy) is 1. The number of carbonyl (C=O) groups is 2. The van der Waals surface area contributed by atoms with Gasteiger partial charge in [-0.15, -0.1) is 0 Å². The number of carbonyl (C=O) groups excluding carboxylic acids is 2. The fourth-order valence-corrected chi connectivity index (χ4v) is 2.68. The number of amides is 2. The highest BCUT2D eigenvalue weighted by molar-refractivity contribution is 9.10. The molecule has 0 fully saturated rings. The first-order valence-corrected chi connectivity index (χ1v) is 8.60. The molecule has 1 heterocycles. The van der Waals surface area contributed by atoms with E-state index in [2.05, 4.69) is 26.2 Å². The maximum Gasteiger partial charge on any atom is 0.255 e. The van der Waals surface area contributed by atoms with E-state index in [1.165, 1.54) is 11.1 Å². The van der Waals surface area contributed by atoms with Crippen LogP contribution in [0.1, 0.15) is 22.8 Å². The van der Waals surface area contributed by atoms with Crippen molar-refractivity contribution in [2.45, 2.75) is 13.8 Å². The Morgan fingerprint density at radius 3 is 2.64 bits per heavy atom. The molecule has 6 nitrogen and oxygen atoms in total. The van der Waals surface area contributed by atoms with E-state index in [0.717, 1.165) is 15.7 Å². The zero-order chi connectivity index (χ0) is 18.4. The summed E-state index contributed by atoms with van der Waals surface area (Å²) >= 11 is 3.38. The molecule has 2 amide bonds. The molecule has 2 rings (SSSR count). The zero-order valence-corrected chi connectivity index (χ0v) is 16.0. The number of aromatic nitrogens is 1. The van der Waals surface area contributed by atoms with E-state index >= 15 is 0 Å². The number of hydrogen-bond donors (Lipinski definition) is 1. The Labute approximate surface area is 155 Å². The molecule has 2 aromatic rings. The molecule has 1 aromatic heterocycles. The third-order valence-electron chi connectivity index (χ3n) is 3.47. The Morgan fingerprint density at radius 1 is 1.28 bits per heavy atom. The standard InChI is InChI=1S/C18H20BrN3O3/c1-4-25-17-8-5-13(10-20-17)18(24)22(3)11-16(23)21-15-7-6-14(19)9-12(15)2/h5-10H,4,11H2,1-3H3,(H,21,23). The molecule has 0 saturated heterocycles. The molecule has 0 unspecified atom stereocenters. The molecular formula is C18H20BrN3O3. The van der Waals surface area contributed by atoms with Gasteiger partial charge in [-0.2, -0.15) is 0 Å². The van der Waals surface area contributed by atoms with Gasteiger partial charge in [0.25, 0.3) is 5.91 Å². The fraction of sp³-hybridized carbons (Fsp3) is 0.278. The summed E-state index contributed by atoms with van der Waals surface area (Å²) in [6, 6.07) is 8.85. The van der Waals surface area contributed by atoms with E-state index in [-0.39, 0.29) is 18.4 Å². The molecule has 0 aliphatic rings. The van der Waals surface area contributed by atoms with Crippen LogP contribution >= 0.6 is 15.9 Å². The lowest BCUT2D eigenvalue weighted by Crippen LogP contribution is -2.35. The number of anilines is 1. The van der Waals surface area contributed by atoms with E-state index in [0.29, 0.717) is 18.1 Å². The fourth-order valence-electron chi connectivity index (χ4n) is 2.20. The van der Waals surface area contributed by atoms with Crippen molar-refractivity contribution >= 4 is 33.4 Å². The van der Waals surface area contributed by atoms with Gasteiger partial charge in [0.05, 0.1) is 18.7 Å². The van der Waals surface area contributed by atoms with Gasteiger partial charge in [-0.05, 0) is 43.7 Å². The number of rotatable bonds is 6. The number of nitrogens with zero attached hydrogens (tertiary/aromatic N) is 2. The lowest BCUT2D eigenvalue weighted by atomic mass is 10.2. The summed E-state index contributed by atoms with van der Waals surface area (Å²) in [7, 11) is 1.58. The SMILES string of the molecule is CCOc1ccc(C(=O)N(C)CC(=O)Nc2ccc(Br)cc2C)cn1. The van der Waals surface area contributed by atoms with Crippen molar-refractivity contribution in [3.8, 4) is 5.88 Å². The molecule has 0 atom stereocenters. The van der Waals surface area contributed by atoms with Crippen LogP contribution < -0.4 is 10.1 Å². The van der Waals surface area contributed by atoms with Gasteiger partial charge in [-0.1, -0.05) is 15.9 Å². The van der Waals surface area contributed by atoms with Crippen molar-refractivity contribution in [1.29, 1.82) is 0 Å². The molecule has 1 N–H and O–H groups in total. The van der Waals surface area contributed by atoms with Crippen LogP contribution in [0.5, 0.6) is 5.88 Å². The highest BCUT2D eigenvalue weighted by atomic mass is 79.9. The Balaban J connectivity index is 1.96. The first-order chi connectivity index (χ1) is 11.9. The van der Waals surface area contributed by atoms with Crippen molar-refractivity contribution < 1.29 is 14.3 Å². The smallest absolute Gasteiger partial charge is 0.255 e. The van der Waals surface area contributed by atoms with E-state index in [1.807, 2.05) is 32.0 Å². The number of aryl methyl sites for hydroxylation is 1. The van der Waals surface area contributed by atoms with Crippen LogP contribution in [0.3, 0.4) is 0 Å². The molecule has 0 aliphatic carbocycles. The van der Waals surface area contributed by atoms with E-state index in [1.54, 1.807) is 19.2 Å². The van der Waals surface area contributed by atoms with Gasteiger partial charge in [-0.3, -0.25) is 9.59 Å². The number of hydrogen-bond acceptors (Lipinski definition) is 4. The summed E-state index contributed by atoms with van der Waals surface area (Å²) in [5.74, 6) is -0.0800. The second kappa shape index (κ2) is 8.62. The van der Waals surface area contributed by atoms with Crippen LogP contribution in [0.25, 0.3) is 0 Å². The van der Waals surface area contributed by atoms with Gasteiger partial charge < -0.3 is 15.0 Å². The quantitative estimate of drug-likeness (QED) is 0.800. The first-order valence-electron chi connectivity index (χ1n) is 7.81. The Hall–Kier alpha value is -2.41. The number of halogens is 1. The normalized spacial score (nSPS) is 10.2. The van der Waals surface area contributed by atoms with Crippen molar-refractivity contribution in [2.75, 3.05) is 25.5 Å². The van der Waals surface area contributed by atoms with E-state index in [4.69, 9.17) is 4.74 Å². The minimum absolute atomic E-state index is 0.0540. The third-order valence-corrected chi connectivity index (χ3v) is 3.96. The second-order valence-electron chi connectivity index (χ2n) is 5.49. The predicted molar refractivity (Wildman–Crippen MR) is 99.9 cm³/mol. The van der Waals surface area contributed by atoms with Crippen LogP contribution in [0, 0.1) is 6.92 Å². The van der Waals surface area contributed by atoms with Crippen LogP contribution in [-0.4, -0.2) is 41.9 Å². The maximum atomic E-state index is 12.4. The summed E-state index contributed by atoms with van der Waals surface area (Å²) in [4.78, 5) is 30.0. The minimum atomic E-state index is -0.279. The monoisotopic (exact) mass is 405 g/mol. The zero-order valence-electron chi connectivity index (χ0n) is 14.4. The van der Waals surface area contributed by atoms with Crippen molar-refractivity contribution in [3.63, 3.8) is 0 Å².